The Labute approximate surface area is 186 Å². The van der Waals surface area contributed by atoms with Gasteiger partial charge in [0.05, 0.1) is 22.3 Å². The molecule has 6 nitrogen and oxygen atoms in total. The van der Waals surface area contributed by atoms with Gasteiger partial charge in [-0.3, -0.25) is 4.79 Å². The molecule has 0 aliphatic heterocycles. The molecule has 0 bridgehead atoms. The molecule has 3 aromatic rings. The Morgan fingerprint density at radius 1 is 1.10 bits per heavy atom. The van der Waals surface area contributed by atoms with Crippen molar-refractivity contribution < 1.29 is 9.53 Å². The molecule has 0 spiro atoms. The van der Waals surface area contributed by atoms with E-state index in [0.717, 1.165) is 11.3 Å². The molecule has 3 rings (SSSR count). The first-order valence-corrected chi connectivity index (χ1v) is 10.5. The molecule has 0 unspecified atom stereocenters. The smallest absolute Gasteiger partial charge is 0.336 e. The predicted molar refractivity (Wildman–Crippen MR) is 121 cm³/mol. The minimum absolute atomic E-state index is 0.0589. The van der Waals surface area contributed by atoms with Gasteiger partial charge < -0.3 is 10.1 Å². The van der Waals surface area contributed by atoms with Crippen LogP contribution in [0.3, 0.4) is 0 Å². The van der Waals surface area contributed by atoms with Crippen LogP contribution in [0.25, 0.3) is 17.1 Å². The molecule has 0 aliphatic rings. The zero-order valence-corrected chi connectivity index (χ0v) is 18.8. The van der Waals surface area contributed by atoms with Crippen molar-refractivity contribution in [3.05, 3.63) is 52.5 Å². The second kappa shape index (κ2) is 9.49. The molecule has 30 heavy (non-hydrogen) atoms. The topological polar surface area (TPSA) is 69.0 Å². The van der Waals surface area contributed by atoms with Crippen LogP contribution in [0.15, 0.2) is 42.5 Å². The first-order valence-electron chi connectivity index (χ1n) is 9.71. The number of anilines is 1. The van der Waals surface area contributed by atoms with Crippen LogP contribution in [0.2, 0.25) is 10.0 Å². The van der Waals surface area contributed by atoms with Gasteiger partial charge in [-0.2, -0.15) is 4.98 Å². The van der Waals surface area contributed by atoms with Crippen LogP contribution in [0.4, 0.5) is 5.69 Å². The first-order chi connectivity index (χ1) is 14.2. The Bertz CT molecular complexity index is 1050. The van der Waals surface area contributed by atoms with Gasteiger partial charge in [-0.1, -0.05) is 57.0 Å². The summed E-state index contributed by atoms with van der Waals surface area (Å²) in [6.45, 7) is 8.29. The number of benzene rings is 2. The number of ether oxygens (including phenoxy) is 1. The van der Waals surface area contributed by atoms with Crippen LogP contribution < -0.4 is 10.1 Å². The number of carbonyl (C=O) groups excluding carboxylic acids is 1. The lowest BCUT2D eigenvalue weighted by molar-refractivity contribution is -0.118. The van der Waals surface area contributed by atoms with Gasteiger partial charge in [0.15, 0.2) is 5.82 Å². The number of carbonyl (C=O) groups is 1. The van der Waals surface area contributed by atoms with E-state index in [1.54, 1.807) is 16.8 Å². The fraction of sp³-hybridized carbons (Fsp3) is 0.318. The Hall–Kier alpha value is -2.57. The molecule has 2 aromatic carbocycles. The third-order valence-electron chi connectivity index (χ3n) is 4.19. The minimum Gasteiger partial charge on any atom is -0.462 e. The summed E-state index contributed by atoms with van der Waals surface area (Å²) in [5.74, 6) is 0.707. The van der Waals surface area contributed by atoms with Crippen molar-refractivity contribution in [1.29, 1.82) is 0 Å². The van der Waals surface area contributed by atoms with Crippen molar-refractivity contribution in [2.45, 2.75) is 27.7 Å². The van der Waals surface area contributed by atoms with Gasteiger partial charge in [0, 0.05) is 17.2 Å². The summed E-state index contributed by atoms with van der Waals surface area (Å²) in [7, 11) is 0. The number of rotatable bonds is 7. The van der Waals surface area contributed by atoms with Gasteiger partial charge in [-0.15, -0.1) is 5.10 Å². The molecule has 1 N–H and O–H groups in total. The number of hydrogen-bond donors (Lipinski definition) is 1. The van der Waals surface area contributed by atoms with Crippen molar-refractivity contribution >= 4 is 34.8 Å². The quantitative estimate of drug-likeness (QED) is 0.492. The number of amides is 1. The molecule has 0 atom stereocenters. The summed E-state index contributed by atoms with van der Waals surface area (Å²) < 4.78 is 7.41. The average Bonchev–Trinajstić information content (AvgIpc) is 3.13. The summed E-state index contributed by atoms with van der Waals surface area (Å²) in [6, 6.07) is 12.9. The van der Waals surface area contributed by atoms with E-state index in [9.17, 15) is 4.79 Å². The third-order valence-corrected chi connectivity index (χ3v) is 4.93. The molecule has 0 saturated carbocycles. The summed E-state index contributed by atoms with van der Waals surface area (Å²) in [6.07, 6.45) is 0. The Morgan fingerprint density at radius 3 is 2.53 bits per heavy atom. The van der Waals surface area contributed by atoms with E-state index in [1.807, 2.05) is 44.2 Å². The first kappa shape index (κ1) is 22.1. The lowest BCUT2D eigenvalue weighted by atomic mass is 10.2. The molecule has 0 aliphatic carbocycles. The number of halogens is 2. The predicted octanol–water partition coefficient (Wildman–Crippen LogP) is 5.87. The standard InChI is InChI=1S/C22H24Cl2N4O2/c1-13(2)12-30-22-26-20(15-8-9-18(23)19(24)10-15)28(27-22)17-7-5-6-16(11-17)25-21(29)14(3)4/h5-11,13-14H,12H2,1-4H3,(H,25,29). The van der Waals surface area contributed by atoms with Crippen LogP contribution in [-0.4, -0.2) is 27.3 Å². The highest BCUT2D eigenvalue weighted by atomic mass is 35.5. The molecular formula is C22H24Cl2N4O2. The Morgan fingerprint density at radius 2 is 1.87 bits per heavy atom. The Balaban J connectivity index is 2.04. The fourth-order valence-electron chi connectivity index (χ4n) is 2.60. The van der Waals surface area contributed by atoms with Crippen molar-refractivity contribution in [3.8, 4) is 23.1 Å². The highest BCUT2D eigenvalue weighted by Crippen LogP contribution is 2.30. The second-order valence-corrected chi connectivity index (χ2v) is 8.47. The average molecular weight is 447 g/mol. The van der Waals surface area contributed by atoms with Gasteiger partial charge in [-0.25, -0.2) is 4.68 Å². The van der Waals surface area contributed by atoms with Gasteiger partial charge in [0.2, 0.25) is 5.91 Å². The van der Waals surface area contributed by atoms with E-state index in [4.69, 9.17) is 27.9 Å². The van der Waals surface area contributed by atoms with Crippen LogP contribution >= 0.6 is 23.2 Å². The molecule has 8 heteroatoms. The third kappa shape index (κ3) is 5.32. The van der Waals surface area contributed by atoms with E-state index in [2.05, 4.69) is 29.2 Å². The van der Waals surface area contributed by atoms with E-state index >= 15 is 0 Å². The summed E-state index contributed by atoms with van der Waals surface area (Å²) in [4.78, 5) is 16.6. The normalized spacial score (nSPS) is 11.2. The Kier molecular flexibility index (Phi) is 7.00. The lowest BCUT2D eigenvalue weighted by Crippen LogP contribution is -2.17. The van der Waals surface area contributed by atoms with Crippen LogP contribution in [0, 0.1) is 11.8 Å². The highest BCUT2D eigenvalue weighted by molar-refractivity contribution is 6.42. The second-order valence-electron chi connectivity index (χ2n) is 7.66. The van der Waals surface area contributed by atoms with Gasteiger partial charge >= 0.3 is 6.01 Å². The lowest BCUT2D eigenvalue weighted by Gasteiger charge is -2.11. The van der Waals surface area contributed by atoms with Crippen molar-refractivity contribution in [2.24, 2.45) is 11.8 Å². The molecule has 158 valence electrons. The SMILES string of the molecule is CC(C)COc1nc(-c2ccc(Cl)c(Cl)c2)n(-c2cccc(NC(=O)C(C)C)c2)n1. The number of nitrogens with one attached hydrogen (secondary N) is 1. The fourth-order valence-corrected chi connectivity index (χ4v) is 2.90. The number of aromatic nitrogens is 3. The highest BCUT2D eigenvalue weighted by Gasteiger charge is 2.17. The molecule has 1 aromatic heterocycles. The van der Waals surface area contributed by atoms with E-state index < -0.39 is 0 Å². The van der Waals surface area contributed by atoms with Gasteiger partial charge in [-0.05, 0) is 42.3 Å². The molecule has 1 heterocycles. The van der Waals surface area contributed by atoms with Crippen LogP contribution in [0.1, 0.15) is 27.7 Å². The van der Waals surface area contributed by atoms with E-state index in [0.29, 0.717) is 34.1 Å². The van der Waals surface area contributed by atoms with Crippen molar-refractivity contribution in [3.63, 3.8) is 0 Å². The largest absolute Gasteiger partial charge is 0.462 e. The number of hydrogen-bond acceptors (Lipinski definition) is 4. The maximum atomic E-state index is 12.1. The molecule has 1 amide bonds. The molecule has 0 fully saturated rings. The molecule has 0 saturated heterocycles. The maximum Gasteiger partial charge on any atom is 0.336 e. The maximum absolute atomic E-state index is 12.1. The summed E-state index contributed by atoms with van der Waals surface area (Å²) >= 11 is 12.3. The van der Waals surface area contributed by atoms with Gasteiger partial charge in [0.1, 0.15) is 0 Å². The zero-order chi connectivity index (χ0) is 21.8. The number of nitrogens with zero attached hydrogens (tertiary/aromatic N) is 3. The van der Waals surface area contributed by atoms with Gasteiger partial charge in [0.25, 0.3) is 0 Å². The zero-order valence-electron chi connectivity index (χ0n) is 17.3. The van der Waals surface area contributed by atoms with Crippen molar-refractivity contribution in [2.75, 3.05) is 11.9 Å². The van der Waals surface area contributed by atoms with Crippen molar-refractivity contribution in [1.82, 2.24) is 14.8 Å². The minimum atomic E-state index is -0.122. The monoisotopic (exact) mass is 446 g/mol. The van der Waals surface area contributed by atoms with E-state index in [1.165, 1.54) is 0 Å². The van der Waals surface area contributed by atoms with E-state index in [-0.39, 0.29) is 17.8 Å². The molecule has 0 radical (unpaired) electrons. The van der Waals surface area contributed by atoms with Crippen LogP contribution in [0.5, 0.6) is 6.01 Å². The summed E-state index contributed by atoms with van der Waals surface area (Å²) in [5.41, 5.74) is 2.14. The van der Waals surface area contributed by atoms with Crippen LogP contribution in [-0.2, 0) is 4.79 Å². The summed E-state index contributed by atoms with van der Waals surface area (Å²) in [5, 5.41) is 8.32. The molecular weight excluding hydrogens is 423 g/mol.